The molecule has 3 heteroatoms. The average molecular weight is 343 g/mol. The second-order valence-corrected chi connectivity index (χ2v) is 6.54. The smallest absolute Gasteiger partial charge is 0.196 e. The van der Waals surface area contributed by atoms with Gasteiger partial charge in [0.1, 0.15) is 0 Å². The molecule has 0 atom stereocenters. The first-order chi connectivity index (χ1) is 11.1. The normalized spacial score (nSPS) is 14.8. The molecule has 0 amide bonds. The van der Waals surface area contributed by atoms with Gasteiger partial charge in [0.25, 0.3) is 0 Å². The SMILES string of the molecule is C=CCC1(CC=C)c2cccc(Cl)c2C(=O)c2c(Cl)cccc21. The minimum absolute atomic E-state index is 0.116. The lowest BCUT2D eigenvalue weighted by atomic mass is 9.63. The summed E-state index contributed by atoms with van der Waals surface area (Å²) < 4.78 is 0. The zero-order chi connectivity index (χ0) is 16.6. The lowest BCUT2D eigenvalue weighted by Gasteiger charge is -2.40. The predicted octanol–water partition coefficient (Wildman–Crippen LogP) is 5.98. The van der Waals surface area contributed by atoms with Crippen LogP contribution in [-0.4, -0.2) is 5.78 Å². The Labute approximate surface area is 146 Å². The number of allylic oxidation sites excluding steroid dienone is 2. The zero-order valence-corrected chi connectivity index (χ0v) is 14.1. The number of halogens is 2. The fourth-order valence-electron chi connectivity index (χ4n) is 3.59. The number of fused-ring (bicyclic) bond motifs is 2. The van der Waals surface area contributed by atoms with Gasteiger partial charge in [0.05, 0.1) is 10.0 Å². The molecule has 0 fully saturated rings. The van der Waals surface area contributed by atoms with E-state index in [1.54, 1.807) is 12.1 Å². The van der Waals surface area contributed by atoms with Crippen molar-refractivity contribution >= 4 is 29.0 Å². The molecular weight excluding hydrogens is 327 g/mol. The third kappa shape index (κ3) is 2.27. The second kappa shape index (κ2) is 5.99. The van der Waals surface area contributed by atoms with Crippen molar-refractivity contribution < 1.29 is 4.79 Å². The Balaban J connectivity index is 2.46. The zero-order valence-electron chi connectivity index (χ0n) is 12.6. The van der Waals surface area contributed by atoms with Crippen LogP contribution >= 0.6 is 23.2 Å². The molecule has 0 spiro atoms. The van der Waals surface area contributed by atoms with E-state index >= 15 is 0 Å². The first-order valence-electron chi connectivity index (χ1n) is 7.41. The molecule has 2 aromatic carbocycles. The van der Waals surface area contributed by atoms with Crippen LogP contribution in [0.1, 0.15) is 39.9 Å². The number of hydrogen-bond acceptors (Lipinski definition) is 1. The average Bonchev–Trinajstić information content (AvgIpc) is 2.52. The summed E-state index contributed by atoms with van der Waals surface area (Å²) in [4.78, 5) is 13.0. The number of benzene rings is 2. The lowest BCUT2D eigenvalue weighted by Crippen LogP contribution is -2.35. The molecule has 2 aromatic rings. The van der Waals surface area contributed by atoms with E-state index in [-0.39, 0.29) is 5.78 Å². The van der Waals surface area contributed by atoms with Crippen LogP contribution in [0.2, 0.25) is 10.0 Å². The highest BCUT2D eigenvalue weighted by atomic mass is 35.5. The molecule has 0 radical (unpaired) electrons. The standard InChI is InChI=1S/C20H16Cl2O/c1-3-11-20(12-4-2)13-7-5-9-15(21)17(13)19(23)18-14(20)8-6-10-16(18)22/h3-10H,1-2,11-12H2. The maximum atomic E-state index is 13.0. The van der Waals surface area contributed by atoms with Gasteiger partial charge in [-0.3, -0.25) is 4.79 Å². The lowest BCUT2D eigenvalue weighted by molar-refractivity contribution is 0.103. The van der Waals surface area contributed by atoms with E-state index in [1.165, 1.54) is 0 Å². The van der Waals surface area contributed by atoms with E-state index in [0.717, 1.165) is 11.1 Å². The van der Waals surface area contributed by atoms with Crippen molar-refractivity contribution in [2.24, 2.45) is 0 Å². The van der Waals surface area contributed by atoms with Gasteiger partial charge in [-0.05, 0) is 36.1 Å². The monoisotopic (exact) mass is 342 g/mol. The van der Waals surface area contributed by atoms with Crippen LogP contribution in [0.25, 0.3) is 0 Å². The van der Waals surface area contributed by atoms with E-state index < -0.39 is 5.41 Å². The molecule has 0 unspecified atom stereocenters. The molecule has 23 heavy (non-hydrogen) atoms. The summed E-state index contributed by atoms with van der Waals surface area (Å²) in [5, 5.41) is 0.908. The first-order valence-corrected chi connectivity index (χ1v) is 8.17. The Bertz CT molecular complexity index is 753. The number of hydrogen-bond donors (Lipinski definition) is 0. The Kier molecular flexibility index (Phi) is 4.18. The molecule has 0 heterocycles. The van der Waals surface area contributed by atoms with E-state index in [4.69, 9.17) is 23.2 Å². The minimum Gasteiger partial charge on any atom is -0.288 e. The summed E-state index contributed by atoms with van der Waals surface area (Å²) in [7, 11) is 0. The fourth-order valence-corrected chi connectivity index (χ4v) is 4.11. The van der Waals surface area contributed by atoms with Gasteiger partial charge in [0.2, 0.25) is 0 Å². The summed E-state index contributed by atoms with van der Waals surface area (Å²) in [6.45, 7) is 7.81. The molecule has 0 aliphatic heterocycles. The van der Waals surface area contributed by atoms with Gasteiger partial charge < -0.3 is 0 Å². The van der Waals surface area contributed by atoms with Crippen molar-refractivity contribution in [1.29, 1.82) is 0 Å². The van der Waals surface area contributed by atoms with Gasteiger partial charge in [-0.2, -0.15) is 0 Å². The molecule has 1 aliphatic carbocycles. The molecule has 1 nitrogen and oxygen atoms in total. The van der Waals surface area contributed by atoms with E-state index in [0.29, 0.717) is 34.0 Å². The molecule has 116 valence electrons. The molecule has 0 saturated heterocycles. The summed E-state index contributed by atoms with van der Waals surface area (Å²) in [6.07, 6.45) is 5.09. The first kappa shape index (κ1) is 16.0. The highest BCUT2D eigenvalue weighted by molar-refractivity contribution is 6.39. The molecule has 0 aromatic heterocycles. The minimum atomic E-state index is -0.419. The van der Waals surface area contributed by atoms with Crippen LogP contribution in [0.4, 0.5) is 0 Å². The highest BCUT2D eigenvalue weighted by Crippen LogP contribution is 2.49. The Morgan fingerprint density at radius 2 is 1.30 bits per heavy atom. The van der Waals surface area contributed by atoms with Crippen LogP contribution in [0.3, 0.4) is 0 Å². The molecule has 0 N–H and O–H groups in total. The third-order valence-electron chi connectivity index (χ3n) is 4.50. The summed E-state index contributed by atoms with van der Waals surface area (Å²) in [5.74, 6) is -0.116. The van der Waals surface area contributed by atoms with Gasteiger partial charge >= 0.3 is 0 Å². The van der Waals surface area contributed by atoms with Crippen LogP contribution in [-0.2, 0) is 5.41 Å². The van der Waals surface area contributed by atoms with Crippen molar-refractivity contribution in [2.75, 3.05) is 0 Å². The van der Waals surface area contributed by atoms with Crippen LogP contribution < -0.4 is 0 Å². The van der Waals surface area contributed by atoms with Gasteiger partial charge in [0, 0.05) is 16.5 Å². The van der Waals surface area contributed by atoms with E-state index in [9.17, 15) is 4.79 Å². The fraction of sp³-hybridized carbons (Fsp3) is 0.150. The van der Waals surface area contributed by atoms with Crippen molar-refractivity contribution in [3.8, 4) is 0 Å². The third-order valence-corrected chi connectivity index (χ3v) is 5.13. The molecule has 0 saturated carbocycles. The number of rotatable bonds is 4. The summed E-state index contributed by atoms with van der Waals surface area (Å²) >= 11 is 12.7. The second-order valence-electron chi connectivity index (χ2n) is 5.72. The van der Waals surface area contributed by atoms with Gasteiger partial charge in [-0.15, -0.1) is 13.2 Å². The van der Waals surface area contributed by atoms with E-state index in [1.807, 2.05) is 36.4 Å². The van der Waals surface area contributed by atoms with Crippen LogP contribution in [0, 0.1) is 0 Å². The molecule has 0 bridgehead atoms. The summed E-state index contributed by atoms with van der Waals surface area (Å²) in [5.41, 5.74) is 2.50. The quantitative estimate of drug-likeness (QED) is 0.625. The van der Waals surface area contributed by atoms with Gasteiger partial charge in [-0.25, -0.2) is 0 Å². The van der Waals surface area contributed by atoms with Crippen LogP contribution in [0.5, 0.6) is 0 Å². The maximum absolute atomic E-state index is 13.0. The van der Waals surface area contributed by atoms with Crippen molar-refractivity contribution in [3.63, 3.8) is 0 Å². The summed E-state index contributed by atoms with van der Waals surface area (Å²) in [6, 6.07) is 11.2. The van der Waals surface area contributed by atoms with Gasteiger partial charge in [-0.1, -0.05) is 59.6 Å². The molecular formula is C20H16Cl2O. The number of carbonyl (C=O) groups excluding carboxylic acids is 1. The van der Waals surface area contributed by atoms with Crippen molar-refractivity contribution in [1.82, 2.24) is 0 Å². The van der Waals surface area contributed by atoms with E-state index in [2.05, 4.69) is 13.2 Å². The topological polar surface area (TPSA) is 17.1 Å². The maximum Gasteiger partial charge on any atom is 0.196 e. The highest BCUT2D eigenvalue weighted by Gasteiger charge is 2.43. The largest absolute Gasteiger partial charge is 0.288 e. The van der Waals surface area contributed by atoms with Crippen molar-refractivity contribution in [3.05, 3.63) is 94.0 Å². The molecule has 3 rings (SSSR count). The van der Waals surface area contributed by atoms with Crippen molar-refractivity contribution in [2.45, 2.75) is 18.3 Å². The Morgan fingerprint density at radius 1 is 0.870 bits per heavy atom. The Morgan fingerprint density at radius 3 is 1.70 bits per heavy atom. The predicted molar refractivity (Wildman–Crippen MR) is 96.7 cm³/mol. The molecule has 1 aliphatic rings. The number of ketones is 1. The number of carbonyl (C=O) groups is 1. The van der Waals surface area contributed by atoms with Gasteiger partial charge in [0.15, 0.2) is 5.78 Å². The van der Waals surface area contributed by atoms with Crippen LogP contribution in [0.15, 0.2) is 61.7 Å². The Hall–Kier alpha value is -1.83.